The minimum atomic E-state index is -0.220. The Hall–Kier alpha value is -1.12. The summed E-state index contributed by atoms with van der Waals surface area (Å²) in [4.78, 5) is 23.2. The predicted octanol–water partition coefficient (Wildman–Crippen LogP) is 1.86. The maximum absolute atomic E-state index is 11.6. The second-order valence-corrected chi connectivity index (χ2v) is 4.18. The molecule has 0 bridgehead atoms. The number of ether oxygens (including phenoxy) is 1. The highest BCUT2D eigenvalue weighted by atomic mass is 16.5. The summed E-state index contributed by atoms with van der Waals surface area (Å²) in [5.41, 5.74) is 0.749. The van der Waals surface area contributed by atoms with Gasteiger partial charge in [-0.15, -0.1) is 0 Å². The molecule has 3 heteroatoms. The van der Waals surface area contributed by atoms with Crippen LogP contribution in [0.25, 0.3) is 0 Å². The Morgan fingerprint density at radius 2 is 2.27 bits per heavy atom. The monoisotopic (exact) mass is 208 g/mol. The van der Waals surface area contributed by atoms with Crippen LogP contribution in [0.3, 0.4) is 0 Å². The molecule has 15 heavy (non-hydrogen) atoms. The number of carbonyl (C=O) groups excluding carboxylic acids is 2. The van der Waals surface area contributed by atoms with Crippen LogP contribution in [0.15, 0.2) is 11.6 Å². The fraction of sp³-hybridized carbons (Fsp3) is 0.667. The molecule has 2 aliphatic rings. The molecule has 0 aromatic carbocycles. The number of ketones is 1. The van der Waals surface area contributed by atoms with E-state index in [1.807, 2.05) is 6.08 Å². The summed E-state index contributed by atoms with van der Waals surface area (Å²) >= 11 is 0. The summed E-state index contributed by atoms with van der Waals surface area (Å²) in [7, 11) is 0. The van der Waals surface area contributed by atoms with Gasteiger partial charge in [-0.3, -0.25) is 4.79 Å². The molecule has 82 valence electrons. The number of carbonyl (C=O) groups is 2. The molecule has 1 fully saturated rings. The van der Waals surface area contributed by atoms with E-state index >= 15 is 0 Å². The summed E-state index contributed by atoms with van der Waals surface area (Å²) in [5.74, 6) is 0.344. The van der Waals surface area contributed by atoms with Gasteiger partial charge >= 0.3 is 5.97 Å². The topological polar surface area (TPSA) is 43.4 Å². The lowest BCUT2D eigenvalue weighted by Gasteiger charge is -2.24. The fourth-order valence-electron chi connectivity index (χ4n) is 2.66. The van der Waals surface area contributed by atoms with Gasteiger partial charge in [-0.25, -0.2) is 4.79 Å². The highest BCUT2D eigenvalue weighted by Crippen LogP contribution is 2.40. The van der Waals surface area contributed by atoms with E-state index in [2.05, 4.69) is 0 Å². The molecule has 3 nitrogen and oxygen atoms in total. The molecule has 0 spiro atoms. The van der Waals surface area contributed by atoms with Crippen molar-refractivity contribution < 1.29 is 14.3 Å². The van der Waals surface area contributed by atoms with Crippen molar-refractivity contribution in [2.75, 3.05) is 6.61 Å². The number of hydrogen-bond donors (Lipinski definition) is 0. The van der Waals surface area contributed by atoms with Gasteiger partial charge in [0.05, 0.1) is 6.61 Å². The van der Waals surface area contributed by atoms with Crippen LogP contribution >= 0.6 is 0 Å². The summed E-state index contributed by atoms with van der Waals surface area (Å²) < 4.78 is 5.01. The number of Topliss-reactive ketones (excluding diaryl/α,β-unsaturated/α-hetero) is 1. The van der Waals surface area contributed by atoms with E-state index in [-0.39, 0.29) is 17.8 Å². The van der Waals surface area contributed by atoms with E-state index in [0.29, 0.717) is 18.8 Å². The average molecular weight is 208 g/mol. The van der Waals surface area contributed by atoms with Crippen LogP contribution < -0.4 is 0 Å². The predicted molar refractivity (Wildman–Crippen MR) is 55.2 cm³/mol. The third kappa shape index (κ3) is 1.83. The van der Waals surface area contributed by atoms with Crippen molar-refractivity contribution in [2.45, 2.75) is 32.6 Å². The van der Waals surface area contributed by atoms with Crippen molar-refractivity contribution in [1.29, 1.82) is 0 Å². The number of fused-ring (bicyclic) bond motifs is 1. The van der Waals surface area contributed by atoms with Gasteiger partial charge in [0.1, 0.15) is 5.78 Å². The van der Waals surface area contributed by atoms with Crippen molar-refractivity contribution in [1.82, 2.24) is 0 Å². The van der Waals surface area contributed by atoms with Crippen LogP contribution in [0.2, 0.25) is 0 Å². The largest absolute Gasteiger partial charge is 0.463 e. The molecule has 0 amide bonds. The fourth-order valence-corrected chi connectivity index (χ4v) is 2.66. The van der Waals surface area contributed by atoms with Crippen molar-refractivity contribution in [3.63, 3.8) is 0 Å². The lowest BCUT2D eigenvalue weighted by atomic mass is 9.80. The minimum absolute atomic E-state index is 0.0920. The van der Waals surface area contributed by atoms with E-state index in [1.54, 1.807) is 6.92 Å². The lowest BCUT2D eigenvalue weighted by molar-refractivity contribution is -0.139. The first-order chi connectivity index (χ1) is 7.24. The zero-order valence-electron chi connectivity index (χ0n) is 8.99. The zero-order chi connectivity index (χ0) is 10.8. The molecule has 0 heterocycles. The van der Waals surface area contributed by atoms with Crippen LogP contribution in [0.5, 0.6) is 0 Å². The van der Waals surface area contributed by atoms with Crippen molar-refractivity contribution in [3.8, 4) is 0 Å². The Labute approximate surface area is 89.5 Å². The van der Waals surface area contributed by atoms with Gasteiger partial charge in [0.2, 0.25) is 0 Å². The molecule has 0 unspecified atom stereocenters. The van der Waals surface area contributed by atoms with E-state index in [9.17, 15) is 9.59 Å². The first-order valence-corrected chi connectivity index (χ1v) is 5.64. The van der Waals surface area contributed by atoms with Gasteiger partial charge in [-0.2, -0.15) is 0 Å². The molecule has 0 radical (unpaired) electrons. The van der Waals surface area contributed by atoms with E-state index in [1.165, 1.54) is 0 Å². The van der Waals surface area contributed by atoms with Gasteiger partial charge in [0, 0.05) is 23.8 Å². The van der Waals surface area contributed by atoms with Crippen LogP contribution in [0.1, 0.15) is 32.6 Å². The Morgan fingerprint density at radius 1 is 1.47 bits per heavy atom. The second kappa shape index (κ2) is 4.17. The minimum Gasteiger partial charge on any atom is -0.463 e. The van der Waals surface area contributed by atoms with Crippen LogP contribution in [-0.4, -0.2) is 18.4 Å². The van der Waals surface area contributed by atoms with Crippen LogP contribution in [0.4, 0.5) is 0 Å². The first-order valence-electron chi connectivity index (χ1n) is 5.64. The summed E-state index contributed by atoms with van der Waals surface area (Å²) in [5, 5.41) is 0. The zero-order valence-corrected chi connectivity index (χ0v) is 8.99. The van der Waals surface area contributed by atoms with Crippen LogP contribution in [-0.2, 0) is 14.3 Å². The SMILES string of the molecule is CCOC(=O)C1=CCC[C@@H]2C(=O)CC[C@H]12. The summed E-state index contributed by atoms with van der Waals surface area (Å²) in [6.07, 6.45) is 5.16. The number of hydrogen-bond acceptors (Lipinski definition) is 3. The molecule has 0 aromatic heterocycles. The molecule has 1 saturated carbocycles. The molecule has 2 rings (SSSR count). The smallest absolute Gasteiger partial charge is 0.333 e. The van der Waals surface area contributed by atoms with E-state index in [0.717, 1.165) is 24.8 Å². The Kier molecular flexibility index (Phi) is 2.89. The number of esters is 1. The highest BCUT2D eigenvalue weighted by Gasteiger charge is 2.40. The third-order valence-corrected chi connectivity index (χ3v) is 3.35. The molecule has 0 aromatic rings. The number of rotatable bonds is 2. The molecule has 0 aliphatic heterocycles. The molecule has 0 saturated heterocycles. The van der Waals surface area contributed by atoms with Crippen molar-refractivity contribution in [3.05, 3.63) is 11.6 Å². The van der Waals surface area contributed by atoms with Gasteiger partial charge in [-0.05, 0) is 26.2 Å². The van der Waals surface area contributed by atoms with E-state index < -0.39 is 0 Å². The van der Waals surface area contributed by atoms with Crippen molar-refractivity contribution in [2.24, 2.45) is 11.8 Å². The van der Waals surface area contributed by atoms with E-state index in [4.69, 9.17) is 4.74 Å². The van der Waals surface area contributed by atoms with Gasteiger partial charge in [0.25, 0.3) is 0 Å². The Bertz CT molecular complexity index is 317. The average Bonchev–Trinajstić information content (AvgIpc) is 2.61. The Morgan fingerprint density at radius 3 is 3.00 bits per heavy atom. The number of allylic oxidation sites excluding steroid dienone is 1. The standard InChI is InChI=1S/C12H16O3/c1-2-15-12(14)10-5-3-4-9-8(10)6-7-11(9)13/h5,8-9H,2-4,6-7H2,1H3/t8-,9-/m0/s1. The first kappa shape index (κ1) is 10.4. The Balaban J connectivity index is 2.15. The maximum atomic E-state index is 11.6. The normalized spacial score (nSPS) is 29.7. The summed E-state index contributed by atoms with van der Waals surface area (Å²) in [6.45, 7) is 2.21. The molecular formula is C12H16O3. The van der Waals surface area contributed by atoms with Crippen LogP contribution in [0, 0.1) is 11.8 Å². The maximum Gasteiger partial charge on any atom is 0.333 e. The molecule has 2 aliphatic carbocycles. The van der Waals surface area contributed by atoms with Gasteiger partial charge < -0.3 is 4.74 Å². The molecule has 0 N–H and O–H groups in total. The second-order valence-electron chi connectivity index (χ2n) is 4.18. The lowest BCUT2D eigenvalue weighted by Crippen LogP contribution is -2.25. The van der Waals surface area contributed by atoms with Gasteiger partial charge in [0.15, 0.2) is 0 Å². The molecule has 2 atom stereocenters. The summed E-state index contributed by atoms with van der Waals surface area (Å²) in [6, 6.07) is 0. The third-order valence-electron chi connectivity index (χ3n) is 3.35. The highest BCUT2D eigenvalue weighted by molar-refractivity contribution is 5.93. The van der Waals surface area contributed by atoms with Crippen molar-refractivity contribution >= 4 is 11.8 Å². The molecular weight excluding hydrogens is 192 g/mol. The quantitative estimate of drug-likeness (QED) is 0.650. The van der Waals surface area contributed by atoms with Gasteiger partial charge in [-0.1, -0.05) is 6.08 Å².